The summed E-state index contributed by atoms with van der Waals surface area (Å²) in [4.78, 5) is 26.9. The number of methoxy groups -OCH3 is 1. The fraction of sp³-hybridized carbons (Fsp3) is 0.0800. The highest BCUT2D eigenvalue weighted by Gasteiger charge is 2.34. The minimum Gasteiger partial charge on any atom is -0.496 e. The predicted molar refractivity (Wildman–Crippen MR) is 125 cm³/mol. The van der Waals surface area contributed by atoms with Crippen molar-refractivity contribution in [1.29, 1.82) is 0 Å². The number of para-hydroxylation sites is 1. The largest absolute Gasteiger partial charge is 0.496 e. The third-order valence-electron chi connectivity index (χ3n) is 5.02. The van der Waals surface area contributed by atoms with E-state index in [0.29, 0.717) is 23.4 Å². The second-order valence-corrected chi connectivity index (χ2v) is 7.56. The van der Waals surface area contributed by atoms with Crippen molar-refractivity contribution >= 4 is 40.9 Å². The van der Waals surface area contributed by atoms with Gasteiger partial charge >= 0.3 is 0 Å². The van der Waals surface area contributed by atoms with Gasteiger partial charge < -0.3 is 4.74 Å². The Hall–Kier alpha value is -3.84. The normalized spacial score (nSPS) is 15.1. The van der Waals surface area contributed by atoms with Crippen LogP contribution in [-0.2, 0) is 16.0 Å². The minimum atomic E-state index is -0.560. The molecule has 0 unspecified atom stereocenters. The maximum absolute atomic E-state index is 13.5. The van der Waals surface area contributed by atoms with Crippen LogP contribution in [0, 0.1) is 5.82 Å². The lowest BCUT2D eigenvalue weighted by Crippen LogP contribution is -2.54. The quantitative estimate of drug-likeness (QED) is 0.362. The molecule has 160 valence electrons. The number of benzene rings is 3. The van der Waals surface area contributed by atoms with Crippen molar-refractivity contribution in [2.24, 2.45) is 0 Å². The van der Waals surface area contributed by atoms with Gasteiger partial charge in [-0.25, -0.2) is 4.39 Å². The number of nitrogens with zero attached hydrogens (tertiary/aromatic N) is 1. The molecule has 7 heteroatoms. The average molecular weight is 447 g/mol. The van der Waals surface area contributed by atoms with E-state index in [-0.39, 0.29) is 16.5 Å². The van der Waals surface area contributed by atoms with Crippen molar-refractivity contribution in [3.63, 3.8) is 0 Å². The maximum atomic E-state index is 13.5. The highest BCUT2D eigenvalue weighted by Crippen LogP contribution is 2.26. The van der Waals surface area contributed by atoms with Crippen molar-refractivity contribution in [2.45, 2.75) is 6.42 Å². The number of nitrogens with one attached hydrogen (secondary N) is 1. The lowest BCUT2D eigenvalue weighted by atomic mass is 10.0. The van der Waals surface area contributed by atoms with Gasteiger partial charge in [0, 0.05) is 6.42 Å². The van der Waals surface area contributed by atoms with Crippen LogP contribution in [0.5, 0.6) is 5.75 Å². The number of ether oxygens (including phenoxy) is 1. The van der Waals surface area contributed by atoms with Crippen LogP contribution in [0.25, 0.3) is 6.08 Å². The standard InChI is InChI=1S/C25H19FN2O3S/c1-31-22-15-17(10-11-18(22)12-16-6-5-7-19(26)13-16)14-21-23(29)27-25(32)28(24(21)30)20-8-3-2-4-9-20/h2-11,13-15H,12H2,1H3,(H,27,29,32)/b21-14-. The van der Waals surface area contributed by atoms with Crippen LogP contribution in [0.15, 0.2) is 78.4 Å². The number of carbonyl (C=O) groups is 2. The summed E-state index contributed by atoms with van der Waals surface area (Å²) in [6.07, 6.45) is 1.98. The summed E-state index contributed by atoms with van der Waals surface area (Å²) in [7, 11) is 1.54. The zero-order chi connectivity index (χ0) is 22.7. The van der Waals surface area contributed by atoms with Crippen LogP contribution >= 0.6 is 12.2 Å². The van der Waals surface area contributed by atoms with Crippen LogP contribution in [-0.4, -0.2) is 24.0 Å². The van der Waals surface area contributed by atoms with Crippen molar-refractivity contribution in [1.82, 2.24) is 5.32 Å². The van der Waals surface area contributed by atoms with Crippen LogP contribution in [0.2, 0.25) is 0 Å². The number of anilines is 1. The Balaban J connectivity index is 1.65. The monoisotopic (exact) mass is 446 g/mol. The van der Waals surface area contributed by atoms with E-state index in [4.69, 9.17) is 17.0 Å². The molecule has 0 aromatic heterocycles. The molecule has 0 radical (unpaired) electrons. The Morgan fingerprint density at radius 1 is 1.03 bits per heavy atom. The van der Waals surface area contributed by atoms with Gasteiger partial charge in [0.15, 0.2) is 5.11 Å². The van der Waals surface area contributed by atoms with Crippen LogP contribution in [0.1, 0.15) is 16.7 Å². The van der Waals surface area contributed by atoms with Crippen LogP contribution < -0.4 is 15.0 Å². The van der Waals surface area contributed by atoms with Gasteiger partial charge in [-0.2, -0.15) is 0 Å². The Kier molecular flexibility index (Phi) is 6.09. The molecule has 1 aliphatic rings. The Labute approximate surface area is 190 Å². The first-order valence-electron chi connectivity index (χ1n) is 9.84. The van der Waals surface area contributed by atoms with Gasteiger partial charge in [0.2, 0.25) is 0 Å². The molecule has 1 fully saturated rings. The van der Waals surface area contributed by atoms with E-state index < -0.39 is 11.8 Å². The van der Waals surface area contributed by atoms with E-state index in [0.717, 1.165) is 11.1 Å². The van der Waals surface area contributed by atoms with Crippen LogP contribution in [0.4, 0.5) is 10.1 Å². The van der Waals surface area contributed by atoms with E-state index in [1.807, 2.05) is 18.2 Å². The Morgan fingerprint density at radius 3 is 2.53 bits per heavy atom. The molecule has 1 aliphatic heterocycles. The molecule has 4 rings (SSSR count). The molecule has 0 atom stereocenters. The smallest absolute Gasteiger partial charge is 0.270 e. The van der Waals surface area contributed by atoms with Gasteiger partial charge in [0.1, 0.15) is 17.1 Å². The minimum absolute atomic E-state index is 0.0337. The van der Waals surface area contributed by atoms with Gasteiger partial charge in [0.05, 0.1) is 12.8 Å². The highest BCUT2D eigenvalue weighted by molar-refractivity contribution is 7.80. The summed E-state index contributed by atoms with van der Waals surface area (Å²) in [6, 6.07) is 20.6. The summed E-state index contributed by atoms with van der Waals surface area (Å²) in [5.41, 5.74) is 2.80. The topological polar surface area (TPSA) is 58.6 Å². The van der Waals surface area contributed by atoms with Crippen molar-refractivity contribution < 1.29 is 18.7 Å². The first-order chi connectivity index (χ1) is 15.5. The van der Waals surface area contributed by atoms with E-state index in [2.05, 4.69) is 5.32 Å². The fourth-order valence-electron chi connectivity index (χ4n) is 3.50. The van der Waals surface area contributed by atoms with Gasteiger partial charge in [0.25, 0.3) is 11.8 Å². The van der Waals surface area contributed by atoms with Gasteiger partial charge in [-0.1, -0.05) is 42.5 Å². The fourth-order valence-corrected chi connectivity index (χ4v) is 3.78. The molecule has 2 amide bonds. The molecule has 3 aromatic carbocycles. The molecule has 32 heavy (non-hydrogen) atoms. The van der Waals surface area contributed by atoms with E-state index in [9.17, 15) is 14.0 Å². The lowest BCUT2D eigenvalue weighted by Gasteiger charge is -2.28. The Bertz CT molecular complexity index is 1240. The average Bonchev–Trinajstić information content (AvgIpc) is 2.78. The van der Waals surface area contributed by atoms with Gasteiger partial charge in [-0.15, -0.1) is 0 Å². The third kappa shape index (κ3) is 4.43. The molecule has 0 bridgehead atoms. The summed E-state index contributed by atoms with van der Waals surface area (Å²) in [5, 5.41) is 2.60. The van der Waals surface area contributed by atoms with Crippen molar-refractivity contribution in [2.75, 3.05) is 12.0 Å². The number of carbonyl (C=O) groups excluding carboxylic acids is 2. The molecule has 0 spiro atoms. The summed E-state index contributed by atoms with van der Waals surface area (Å²) < 4.78 is 19.0. The molecule has 1 heterocycles. The summed E-state index contributed by atoms with van der Waals surface area (Å²) >= 11 is 5.21. The van der Waals surface area contributed by atoms with E-state index >= 15 is 0 Å². The number of thiocarbonyl (C=S) groups is 1. The second-order valence-electron chi connectivity index (χ2n) is 7.17. The van der Waals surface area contributed by atoms with E-state index in [1.54, 1.807) is 42.5 Å². The molecular weight excluding hydrogens is 427 g/mol. The van der Waals surface area contributed by atoms with Crippen molar-refractivity contribution in [3.8, 4) is 5.75 Å². The van der Waals surface area contributed by atoms with Gasteiger partial charge in [-0.05, 0) is 65.3 Å². The molecule has 1 N–H and O–H groups in total. The zero-order valence-corrected chi connectivity index (χ0v) is 18.0. The number of rotatable bonds is 5. The summed E-state index contributed by atoms with van der Waals surface area (Å²) in [6.45, 7) is 0. The van der Waals surface area contributed by atoms with E-state index in [1.165, 1.54) is 30.2 Å². The predicted octanol–water partition coefficient (Wildman–Crippen LogP) is 4.26. The molecule has 0 saturated carbocycles. The van der Waals surface area contributed by atoms with Gasteiger partial charge in [-0.3, -0.25) is 19.8 Å². The molecule has 1 saturated heterocycles. The SMILES string of the molecule is COc1cc(/C=C2/C(=O)NC(=S)N(c3ccccc3)C2=O)ccc1Cc1cccc(F)c1. The first-order valence-corrected chi connectivity index (χ1v) is 10.2. The molecule has 0 aliphatic carbocycles. The first kappa shape index (κ1) is 21.4. The molecule has 5 nitrogen and oxygen atoms in total. The molecule has 3 aromatic rings. The zero-order valence-electron chi connectivity index (χ0n) is 17.2. The summed E-state index contributed by atoms with van der Waals surface area (Å²) in [5.74, 6) is -0.795. The van der Waals surface area contributed by atoms with Crippen LogP contribution in [0.3, 0.4) is 0 Å². The number of halogens is 1. The highest BCUT2D eigenvalue weighted by atomic mass is 32.1. The third-order valence-corrected chi connectivity index (χ3v) is 5.31. The maximum Gasteiger partial charge on any atom is 0.270 e. The number of amides is 2. The molecular formula is C25H19FN2O3S. The lowest BCUT2D eigenvalue weighted by molar-refractivity contribution is -0.122. The second kappa shape index (κ2) is 9.11. The number of hydrogen-bond donors (Lipinski definition) is 1. The Morgan fingerprint density at radius 2 is 1.81 bits per heavy atom. The van der Waals surface area contributed by atoms with Crippen molar-refractivity contribution in [3.05, 3.63) is 101 Å². The number of hydrogen-bond acceptors (Lipinski definition) is 4.